The molecule has 0 radical (unpaired) electrons. The zero-order chi connectivity index (χ0) is 21.5. The average molecular weight is 540 g/mol. The Morgan fingerprint density at radius 2 is 1.31 bits per heavy atom. The maximum atomic E-state index is 12.2. The lowest BCUT2D eigenvalue weighted by Crippen LogP contribution is -2.55. The molecule has 0 spiro atoms. The van der Waals surface area contributed by atoms with E-state index in [1.165, 1.54) is 70.6 Å². The van der Waals surface area contributed by atoms with E-state index in [0.29, 0.717) is 42.3 Å². The van der Waals surface area contributed by atoms with Crippen LogP contribution in [-0.2, 0) is 4.79 Å². The number of rotatable bonds is 16. The fourth-order valence-electron chi connectivity index (χ4n) is 3.92. The number of nitrogens with zero attached hydrogens (tertiary/aromatic N) is 2. The summed E-state index contributed by atoms with van der Waals surface area (Å²) in [4.78, 5) is 15.3. The van der Waals surface area contributed by atoms with Gasteiger partial charge in [0.25, 0.3) is 0 Å². The number of hydroxylamine groups is 3. The Morgan fingerprint density at radius 3 is 1.83 bits per heavy atom. The minimum Gasteiger partial charge on any atom is -0.633 e. The van der Waals surface area contributed by atoms with Crippen molar-refractivity contribution in [2.75, 3.05) is 33.2 Å². The SMILES string of the molecule is CCCCCCCCC(Br)C(Br)CCCCCCCC(=O)N1CC[N+](C)([O-])CC1. The summed E-state index contributed by atoms with van der Waals surface area (Å²) in [6.07, 6.45) is 17.2. The molecule has 1 fully saturated rings. The molecule has 2 unspecified atom stereocenters. The Balaban J connectivity index is 1.94. The van der Waals surface area contributed by atoms with Gasteiger partial charge in [-0.15, -0.1) is 0 Å². The molecule has 0 aromatic heterocycles. The van der Waals surface area contributed by atoms with Gasteiger partial charge in [-0.1, -0.05) is 103 Å². The topological polar surface area (TPSA) is 43.4 Å². The molecule has 1 amide bonds. The quantitative estimate of drug-likeness (QED) is 0.0938. The first-order chi connectivity index (χ1) is 13.9. The molecule has 0 aromatic carbocycles. The molecule has 4 nitrogen and oxygen atoms in total. The van der Waals surface area contributed by atoms with Crippen molar-refractivity contribution in [1.82, 2.24) is 4.90 Å². The first kappa shape index (κ1) is 27.4. The van der Waals surface area contributed by atoms with Crippen LogP contribution in [0, 0.1) is 5.21 Å². The first-order valence-corrected chi connectivity index (χ1v) is 13.8. The molecule has 172 valence electrons. The van der Waals surface area contributed by atoms with Crippen LogP contribution < -0.4 is 0 Å². The van der Waals surface area contributed by atoms with Crippen molar-refractivity contribution in [3.8, 4) is 0 Å². The van der Waals surface area contributed by atoms with Crippen LogP contribution in [0.25, 0.3) is 0 Å². The summed E-state index contributed by atoms with van der Waals surface area (Å²) < 4.78 is -0.202. The lowest BCUT2D eigenvalue weighted by atomic mass is 10.0. The van der Waals surface area contributed by atoms with Crippen molar-refractivity contribution in [2.45, 2.75) is 106 Å². The van der Waals surface area contributed by atoms with Gasteiger partial charge in [-0.05, 0) is 19.3 Å². The number of unbranched alkanes of at least 4 members (excludes halogenated alkanes) is 9. The molecule has 29 heavy (non-hydrogen) atoms. The van der Waals surface area contributed by atoms with E-state index < -0.39 is 0 Å². The Labute approximate surface area is 196 Å². The number of hydrogen-bond donors (Lipinski definition) is 0. The lowest BCUT2D eigenvalue weighted by molar-refractivity contribution is -0.864. The van der Waals surface area contributed by atoms with Gasteiger partial charge >= 0.3 is 0 Å². The van der Waals surface area contributed by atoms with Crippen molar-refractivity contribution in [3.63, 3.8) is 0 Å². The number of hydrogen-bond acceptors (Lipinski definition) is 2. The summed E-state index contributed by atoms with van der Waals surface area (Å²) in [5.41, 5.74) is 0. The highest BCUT2D eigenvalue weighted by atomic mass is 79.9. The Hall–Kier alpha value is 0.350. The summed E-state index contributed by atoms with van der Waals surface area (Å²) in [6.45, 7) is 4.58. The molecule has 0 saturated carbocycles. The van der Waals surface area contributed by atoms with Gasteiger partial charge in [-0.2, -0.15) is 0 Å². The van der Waals surface area contributed by atoms with Crippen molar-refractivity contribution < 1.29 is 9.44 Å². The fourth-order valence-corrected chi connectivity index (χ4v) is 5.10. The highest BCUT2D eigenvalue weighted by Gasteiger charge is 2.24. The summed E-state index contributed by atoms with van der Waals surface area (Å²) in [5, 5.41) is 11.8. The van der Waals surface area contributed by atoms with Crippen molar-refractivity contribution in [3.05, 3.63) is 5.21 Å². The second-order valence-corrected chi connectivity index (χ2v) is 11.4. The summed E-state index contributed by atoms with van der Waals surface area (Å²) in [6, 6.07) is 0. The molecule has 1 heterocycles. The number of halogens is 2. The van der Waals surface area contributed by atoms with Crippen LogP contribution in [0.5, 0.6) is 0 Å². The van der Waals surface area contributed by atoms with Crippen LogP contribution in [0.4, 0.5) is 0 Å². The molecule has 0 bridgehead atoms. The number of alkyl halides is 2. The molecular weight excluding hydrogens is 496 g/mol. The lowest BCUT2D eigenvalue weighted by Gasteiger charge is -2.45. The van der Waals surface area contributed by atoms with Gasteiger partial charge in [0.2, 0.25) is 5.91 Å². The second kappa shape index (κ2) is 16.0. The molecule has 1 saturated heterocycles. The third-order valence-corrected chi connectivity index (χ3v) is 9.04. The molecule has 2 atom stereocenters. The van der Waals surface area contributed by atoms with Crippen LogP contribution in [0.3, 0.4) is 0 Å². The molecular formula is C23H44Br2N2O2. The molecule has 0 aliphatic carbocycles. The molecule has 1 aliphatic heterocycles. The zero-order valence-electron chi connectivity index (χ0n) is 18.8. The molecule has 0 N–H and O–H groups in total. The third-order valence-electron chi connectivity index (χ3n) is 6.14. The highest BCUT2D eigenvalue weighted by Crippen LogP contribution is 2.25. The van der Waals surface area contributed by atoms with Crippen LogP contribution in [0.1, 0.15) is 96.8 Å². The number of likely N-dealkylation sites (N-methyl/N-ethyl adjacent to an activating group) is 1. The monoisotopic (exact) mass is 538 g/mol. The van der Waals surface area contributed by atoms with E-state index in [1.54, 1.807) is 7.05 Å². The number of carbonyl (C=O) groups is 1. The Kier molecular flexibility index (Phi) is 15.2. The summed E-state index contributed by atoms with van der Waals surface area (Å²) in [7, 11) is 1.70. The van der Waals surface area contributed by atoms with Gasteiger partial charge < -0.3 is 14.8 Å². The summed E-state index contributed by atoms with van der Waals surface area (Å²) >= 11 is 7.74. The molecule has 0 aromatic rings. The van der Waals surface area contributed by atoms with Gasteiger partial charge in [0.15, 0.2) is 0 Å². The maximum absolute atomic E-state index is 12.2. The molecule has 1 rings (SSSR count). The largest absolute Gasteiger partial charge is 0.633 e. The van der Waals surface area contributed by atoms with E-state index in [9.17, 15) is 10.0 Å². The van der Waals surface area contributed by atoms with Gasteiger partial charge in [-0.3, -0.25) is 4.79 Å². The Bertz CT molecular complexity index is 425. The first-order valence-electron chi connectivity index (χ1n) is 12.0. The minimum absolute atomic E-state index is 0.202. The van der Waals surface area contributed by atoms with Crippen molar-refractivity contribution in [1.29, 1.82) is 0 Å². The number of quaternary nitrogens is 1. The number of piperazine rings is 1. The predicted octanol–water partition coefficient (Wildman–Crippen LogP) is 6.78. The van der Waals surface area contributed by atoms with Gasteiger partial charge in [0, 0.05) is 16.1 Å². The van der Waals surface area contributed by atoms with Crippen LogP contribution >= 0.6 is 31.9 Å². The molecule has 6 heteroatoms. The maximum Gasteiger partial charge on any atom is 0.222 e. The Morgan fingerprint density at radius 1 is 0.862 bits per heavy atom. The van der Waals surface area contributed by atoms with E-state index in [2.05, 4.69) is 38.8 Å². The van der Waals surface area contributed by atoms with E-state index in [-0.39, 0.29) is 10.6 Å². The van der Waals surface area contributed by atoms with E-state index in [4.69, 9.17) is 0 Å². The van der Waals surface area contributed by atoms with E-state index in [0.717, 1.165) is 12.8 Å². The molecule has 1 aliphatic rings. The van der Waals surface area contributed by atoms with Crippen molar-refractivity contribution in [2.24, 2.45) is 0 Å². The highest BCUT2D eigenvalue weighted by molar-refractivity contribution is 9.12. The second-order valence-electron chi connectivity index (χ2n) is 9.02. The van der Waals surface area contributed by atoms with Crippen LogP contribution in [0.15, 0.2) is 0 Å². The van der Waals surface area contributed by atoms with E-state index in [1.807, 2.05) is 4.90 Å². The van der Waals surface area contributed by atoms with Crippen LogP contribution in [-0.4, -0.2) is 58.3 Å². The van der Waals surface area contributed by atoms with Crippen LogP contribution in [0.2, 0.25) is 0 Å². The van der Waals surface area contributed by atoms with Gasteiger partial charge in [-0.25, -0.2) is 0 Å². The predicted molar refractivity (Wildman–Crippen MR) is 132 cm³/mol. The minimum atomic E-state index is -0.202. The van der Waals surface area contributed by atoms with Crippen molar-refractivity contribution >= 4 is 37.8 Å². The smallest absolute Gasteiger partial charge is 0.222 e. The number of amides is 1. The zero-order valence-corrected chi connectivity index (χ0v) is 22.0. The third kappa shape index (κ3) is 13.4. The standard InChI is InChI=1S/C23H44Br2N2O2/c1-3-4-5-6-8-11-14-21(24)22(25)15-12-9-7-10-13-16-23(28)26-17-19-27(2,29)20-18-26/h21-22H,3-20H2,1-2H3. The average Bonchev–Trinajstić information content (AvgIpc) is 2.69. The fraction of sp³-hybridized carbons (Fsp3) is 0.957. The normalized spacial score (nSPS) is 18.6. The van der Waals surface area contributed by atoms with E-state index >= 15 is 0 Å². The van der Waals surface area contributed by atoms with Gasteiger partial charge in [0.05, 0.1) is 33.2 Å². The summed E-state index contributed by atoms with van der Waals surface area (Å²) in [5.74, 6) is 0.238. The number of carbonyl (C=O) groups excluding carboxylic acids is 1. The van der Waals surface area contributed by atoms with Gasteiger partial charge in [0.1, 0.15) is 0 Å².